The van der Waals surface area contributed by atoms with E-state index in [0.29, 0.717) is 18.0 Å². The molecule has 19 heavy (non-hydrogen) atoms. The smallest absolute Gasteiger partial charge is 0.0640 e. The van der Waals surface area contributed by atoms with Crippen LogP contribution in [0, 0.1) is 5.92 Å². The Morgan fingerprint density at radius 1 is 1.37 bits per heavy atom. The SMILES string of the molecule is CCCCC(C)C(Cc1ccn(C(C)CC)n1)NN. The number of nitrogens with two attached hydrogens (primary N) is 1. The van der Waals surface area contributed by atoms with Crippen molar-refractivity contribution in [2.45, 2.75) is 71.9 Å². The van der Waals surface area contributed by atoms with E-state index in [-0.39, 0.29) is 0 Å². The van der Waals surface area contributed by atoms with Gasteiger partial charge in [0, 0.05) is 24.7 Å². The molecule has 0 radical (unpaired) electrons. The van der Waals surface area contributed by atoms with E-state index in [4.69, 9.17) is 5.84 Å². The molecule has 0 spiro atoms. The molecular formula is C15H30N4. The van der Waals surface area contributed by atoms with Gasteiger partial charge in [0.2, 0.25) is 0 Å². The van der Waals surface area contributed by atoms with Crippen LogP contribution in [0.5, 0.6) is 0 Å². The van der Waals surface area contributed by atoms with Crippen LogP contribution < -0.4 is 11.3 Å². The van der Waals surface area contributed by atoms with E-state index >= 15 is 0 Å². The predicted molar refractivity (Wildman–Crippen MR) is 80.7 cm³/mol. The first-order valence-electron chi connectivity index (χ1n) is 7.62. The van der Waals surface area contributed by atoms with E-state index in [1.54, 1.807) is 0 Å². The fraction of sp³-hybridized carbons (Fsp3) is 0.800. The van der Waals surface area contributed by atoms with E-state index in [1.165, 1.54) is 19.3 Å². The summed E-state index contributed by atoms with van der Waals surface area (Å²) < 4.78 is 2.06. The van der Waals surface area contributed by atoms with Crippen LogP contribution in [0.3, 0.4) is 0 Å². The normalized spacial score (nSPS) is 16.3. The van der Waals surface area contributed by atoms with Crippen molar-refractivity contribution in [3.8, 4) is 0 Å². The minimum absolute atomic E-state index is 0.312. The first-order chi connectivity index (χ1) is 9.12. The van der Waals surface area contributed by atoms with Crippen molar-refractivity contribution in [1.82, 2.24) is 15.2 Å². The second kappa shape index (κ2) is 8.33. The molecule has 0 saturated heterocycles. The topological polar surface area (TPSA) is 55.9 Å². The highest BCUT2D eigenvalue weighted by Gasteiger charge is 2.17. The maximum absolute atomic E-state index is 5.70. The van der Waals surface area contributed by atoms with Crippen molar-refractivity contribution >= 4 is 0 Å². The summed E-state index contributed by atoms with van der Waals surface area (Å²) in [6, 6.07) is 2.89. The molecule has 0 amide bonds. The van der Waals surface area contributed by atoms with Crippen LogP contribution >= 0.6 is 0 Å². The van der Waals surface area contributed by atoms with Crippen LogP contribution in [0.2, 0.25) is 0 Å². The van der Waals surface area contributed by atoms with Crippen molar-refractivity contribution in [2.75, 3.05) is 0 Å². The highest BCUT2D eigenvalue weighted by molar-refractivity contribution is 5.02. The molecule has 1 heterocycles. The van der Waals surface area contributed by atoms with Gasteiger partial charge >= 0.3 is 0 Å². The fourth-order valence-electron chi connectivity index (χ4n) is 2.30. The number of unbranched alkanes of at least 4 members (excludes halogenated alkanes) is 1. The molecule has 0 saturated carbocycles. The lowest BCUT2D eigenvalue weighted by Crippen LogP contribution is -2.41. The van der Waals surface area contributed by atoms with E-state index < -0.39 is 0 Å². The molecule has 0 aromatic carbocycles. The van der Waals surface area contributed by atoms with Gasteiger partial charge in [-0.15, -0.1) is 0 Å². The van der Waals surface area contributed by atoms with Crippen LogP contribution in [0.25, 0.3) is 0 Å². The van der Waals surface area contributed by atoms with Crippen molar-refractivity contribution in [1.29, 1.82) is 0 Å². The number of hydrogen-bond donors (Lipinski definition) is 2. The predicted octanol–water partition coefficient (Wildman–Crippen LogP) is 3.05. The quantitative estimate of drug-likeness (QED) is 0.533. The van der Waals surface area contributed by atoms with E-state index in [9.17, 15) is 0 Å². The molecule has 4 heteroatoms. The maximum Gasteiger partial charge on any atom is 0.0640 e. The Balaban J connectivity index is 2.57. The van der Waals surface area contributed by atoms with Gasteiger partial charge in [0.15, 0.2) is 0 Å². The first kappa shape index (κ1) is 16.2. The Morgan fingerprint density at radius 2 is 2.11 bits per heavy atom. The molecule has 3 unspecified atom stereocenters. The minimum atomic E-state index is 0.312. The lowest BCUT2D eigenvalue weighted by Gasteiger charge is -2.22. The standard InChI is InChI=1S/C15H30N4/c1-5-7-8-12(3)15(17-16)11-14-9-10-19(18-14)13(4)6-2/h9-10,12-13,15,17H,5-8,11,16H2,1-4H3. The summed E-state index contributed by atoms with van der Waals surface area (Å²) in [6.07, 6.45) is 7.81. The molecular weight excluding hydrogens is 236 g/mol. The second-order valence-electron chi connectivity index (χ2n) is 5.64. The van der Waals surface area contributed by atoms with Gasteiger partial charge in [-0.25, -0.2) is 0 Å². The van der Waals surface area contributed by atoms with Crippen LogP contribution in [0.15, 0.2) is 12.3 Å². The van der Waals surface area contributed by atoms with Gasteiger partial charge in [0.05, 0.1) is 5.69 Å². The van der Waals surface area contributed by atoms with Gasteiger partial charge in [-0.05, 0) is 31.7 Å². The highest BCUT2D eigenvalue weighted by atomic mass is 15.3. The Kier molecular flexibility index (Phi) is 7.10. The van der Waals surface area contributed by atoms with Crippen LogP contribution in [-0.4, -0.2) is 15.8 Å². The van der Waals surface area contributed by atoms with E-state index in [0.717, 1.165) is 18.5 Å². The zero-order valence-electron chi connectivity index (χ0n) is 12.9. The number of hydrazine groups is 1. The summed E-state index contributed by atoms with van der Waals surface area (Å²) in [5, 5.41) is 4.65. The number of nitrogens with zero attached hydrogens (tertiary/aromatic N) is 2. The summed E-state index contributed by atoms with van der Waals surface area (Å²) in [7, 11) is 0. The van der Waals surface area contributed by atoms with Crippen LogP contribution in [0.1, 0.15) is 65.1 Å². The fourth-order valence-corrected chi connectivity index (χ4v) is 2.30. The number of hydrogen-bond acceptors (Lipinski definition) is 3. The molecule has 1 aromatic rings. The highest BCUT2D eigenvalue weighted by Crippen LogP contribution is 2.16. The Morgan fingerprint density at radius 3 is 2.68 bits per heavy atom. The molecule has 110 valence electrons. The summed E-state index contributed by atoms with van der Waals surface area (Å²) in [5.74, 6) is 6.28. The largest absolute Gasteiger partial charge is 0.271 e. The molecule has 1 rings (SSSR count). The summed E-state index contributed by atoms with van der Waals surface area (Å²) in [5.41, 5.74) is 4.09. The summed E-state index contributed by atoms with van der Waals surface area (Å²) >= 11 is 0. The molecule has 0 aliphatic heterocycles. The van der Waals surface area contributed by atoms with Gasteiger partial charge in [0.1, 0.15) is 0 Å². The van der Waals surface area contributed by atoms with Gasteiger partial charge < -0.3 is 0 Å². The monoisotopic (exact) mass is 266 g/mol. The third kappa shape index (κ3) is 4.96. The molecule has 0 aliphatic rings. The number of aromatic nitrogens is 2. The third-order valence-electron chi connectivity index (χ3n) is 4.05. The zero-order chi connectivity index (χ0) is 14.3. The van der Waals surface area contributed by atoms with E-state index in [2.05, 4.69) is 55.2 Å². The molecule has 4 nitrogen and oxygen atoms in total. The second-order valence-corrected chi connectivity index (χ2v) is 5.64. The minimum Gasteiger partial charge on any atom is -0.271 e. The van der Waals surface area contributed by atoms with E-state index in [1.807, 2.05) is 0 Å². The van der Waals surface area contributed by atoms with Crippen molar-refractivity contribution in [3.05, 3.63) is 18.0 Å². The summed E-state index contributed by atoms with van der Waals surface area (Å²) in [6.45, 7) is 8.87. The molecule has 3 N–H and O–H groups in total. The lowest BCUT2D eigenvalue weighted by molar-refractivity contribution is 0.347. The van der Waals surface area contributed by atoms with Crippen LogP contribution in [0.4, 0.5) is 0 Å². The van der Waals surface area contributed by atoms with Crippen LogP contribution in [-0.2, 0) is 6.42 Å². The average Bonchev–Trinajstić information content (AvgIpc) is 2.89. The third-order valence-corrected chi connectivity index (χ3v) is 4.05. The molecule has 3 atom stereocenters. The zero-order valence-corrected chi connectivity index (χ0v) is 12.9. The van der Waals surface area contributed by atoms with Gasteiger partial charge in [0.25, 0.3) is 0 Å². The van der Waals surface area contributed by atoms with Gasteiger partial charge in [-0.1, -0.05) is 33.6 Å². The lowest BCUT2D eigenvalue weighted by atomic mass is 9.93. The summed E-state index contributed by atoms with van der Waals surface area (Å²) in [4.78, 5) is 0. The first-order valence-corrected chi connectivity index (χ1v) is 7.62. The Bertz CT molecular complexity index is 348. The Hall–Kier alpha value is -0.870. The van der Waals surface area contributed by atoms with Crippen molar-refractivity contribution in [2.24, 2.45) is 11.8 Å². The van der Waals surface area contributed by atoms with Crippen molar-refractivity contribution in [3.63, 3.8) is 0 Å². The Labute approximate surface area is 117 Å². The molecule has 0 bridgehead atoms. The number of nitrogens with one attached hydrogen (secondary N) is 1. The molecule has 0 fully saturated rings. The average molecular weight is 266 g/mol. The maximum atomic E-state index is 5.70. The van der Waals surface area contributed by atoms with Gasteiger partial charge in [-0.3, -0.25) is 16.0 Å². The molecule has 1 aromatic heterocycles. The number of rotatable bonds is 9. The molecule has 0 aliphatic carbocycles. The van der Waals surface area contributed by atoms with Gasteiger partial charge in [-0.2, -0.15) is 5.10 Å². The van der Waals surface area contributed by atoms with Crippen molar-refractivity contribution < 1.29 is 0 Å².